The van der Waals surface area contributed by atoms with Gasteiger partial charge in [-0.15, -0.1) is 0 Å². The first-order chi connectivity index (χ1) is 11.5. The molecule has 2 saturated heterocycles. The summed E-state index contributed by atoms with van der Waals surface area (Å²) in [6.45, 7) is 7.98. The van der Waals surface area contributed by atoms with E-state index in [-0.39, 0.29) is 23.6 Å². The van der Waals surface area contributed by atoms with Gasteiger partial charge in [-0.3, -0.25) is 14.4 Å². The first kappa shape index (κ1) is 18.7. The molecule has 24 heavy (non-hydrogen) atoms. The van der Waals surface area contributed by atoms with Gasteiger partial charge >= 0.3 is 0 Å². The van der Waals surface area contributed by atoms with Crippen LogP contribution in [-0.4, -0.2) is 60.5 Å². The maximum atomic E-state index is 12.7. The molecule has 0 aliphatic carbocycles. The van der Waals surface area contributed by atoms with Crippen molar-refractivity contribution in [3.63, 3.8) is 0 Å². The predicted octanol–water partition coefficient (Wildman–Crippen LogP) is 0.433. The highest BCUT2D eigenvalue weighted by Crippen LogP contribution is 2.23. The number of nitrogens with zero attached hydrogens (tertiary/aromatic N) is 1. The molecule has 2 N–H and O–H groups in total. The molecule has 0 aromatic heterocycles. The lowest BCUT2D eigenvalue weighted by Gasteiger charge is -2.27. The highest BCUT2D eigenvalue weighted by atomic mass is 16.6. The molecule has 136 valence electrons. The molecule has 7 heteroatoms. The predicted molar refractivity (Wildman–Crippen MR) is 89.2 cm³/mol. The minimum absolute atomic E-state index is 0.0252. The Balaban J connectivity index is 1.91. The van der Waals surface area contributed by atoms with Crippen molar-refractivity contribution in [1.29, 1.82) is 0 Å². The van der Waals surface area contributed by atoms with E-state index < -0.39 is 18.2 Å². The summed E-state index contributed by atoms with van der Waals surface area (Å²) in [5.41, 5.74) is 0. The zero-order valence-electron chi connectivity index (χ0n) is 14.8. The fourth-order valence-electron chi connectivity index (χ4n) is 2.91. The van der Waals surface area contributed by atoms with Crippen LogP contribution in [0.15, 0.2) is 0 Å². The van der Waals surface area contributed by atoms with Gasteiger partial charge in [-0.25, -0.2) is 0 Å². The van der Waals surface area contributed by atoms with Crippen molar-refractivity contribution < 1.29 is 19.1 Å². The summed E-state index contributed by atoms with van der Waals surface area (Å²) in [4.78, 5) is 38.7. The smallest absolute Gasteiger partial charge is 0.253 e. The molecule has 0 spiro atoms. The number of epoxide rings is 1. The molecule has 2 fully saturated rings. The Hall–Kier alpha value is -1.63. The molecule has 7 nitrogen and oxygen atoms in total. The fourth-order valence-corrected chi connectivity index (χ4v) is 2.91. The summed E-state index contributed by atoms with van der Waals surface area (Å²) < 4.78 is 5.21. The minimum atomic E-state index is -0.778. The Morgan fingerprint density at radius 2 is 1.75 bits per heavy atom. The fraction of sp³-hybridized carbons (Fsp3) is 0.824. The van der Waals surface area contributed by atoms with Crippen molar-refractivity contribution in [2.45, 2.75) is 64.7 Å². The van der Waals surface area contributed by atoms with Gasteiger partial charge in [-0.1, -0.05) is 27.2 Å². The molecular formula is C17H29N3O4. The van der Waals surface area contributed by atoms with Gasteiger partial charge in [0.05, 0.1) is 0 Å². The van der Waals surface area contributed by atoms with Crippen LogP contribution in [0.4, 0.5) is 0 Å². The highest BCUT2D eigenvalue weighted by molar-refractivity contribution is 5.97. The van der Waals surface area contributed by atoms with Gasteiger partial charge in [-0.2, -0.15) is 0 Å². The summed E-state index contributed by atoms with van der Waals surface area (Å²) in [5, 5.41) is 5.53. The van der Waals surface area contributed by atoms with Crippen LogP contribution in [0.25, 0.3) is 0 Å². The van der Waals surface area contributed by atoms with Crippen LogP contribution in [0.5, 0.6) is 0 Å². The largest absolute Gasteiger partial charge is 0.354 e. The molecule has 0 aromatic rings. The Morgan fingerprint density at radius 1 is 1.12 bits per heavy atom. The first-order valence-electron chi connectivity index (χ1n) is 9.01. The van der Waals surface area contributed by atoms with Crippen LogP contribution in [0.2, 0.25) is 0 Å². The van der Waals surface area contributed by atoms with E-state index in [0.717, 1.165) is 38.8 Å². The topological polar surface area (TPSA) is 91.0 Å². The number of ether oxygens (including phenoxy) is 1. The van der Waals surface area contributed by atoms with Crippen LogP contribution >= 0.6 is 0 Å². The SMILES string of the molecule is CCCNC(=O)[C@H]1OC1C(=O)N[C@H](C(=O)N1CCCC1)[C@@H](C)CC. The molecule has 3 amide bonds. The zero-order chi connectivity index (χ0) is 17.7. The molecule has 0 aromatic carbocycles. The molecular weight excluding hydrogens is 310 g/mol. The molecule has 0 saturated carbocycles. The van der Waals surface area contributed by atoms with Crippen molar-refractivity contribution in [2.24, 2.45) is 5.92 Å². The Kier molecular flexibility index (Phi) is 6.60. The van der Waals surface area contributed by atoms with Gasteiger partial charge in [0, 0.05) is 19.6 Å². The van der Waals surface area contributed by atoms with Crippen LogP contribution in [-0.2, 0) is 19.1 Å². The average Bonchev–Trinajstić information content (AvgIpc) is 3.21. The van der Waals surface area contributed by atoms with E-state index in [0.29, 0.717) is 6.54 Å². The summed E-state index contributed by atoms with van der Waals surface area (Å²) >= 11 is 0. The average molecular weight is 339 g/mol. The molecule has 2 aliphatic heterocycles. The second kappa shape index (κ2) is 8.46. The van der Waals surface area contributed by atoms with Gasteiger partial charge in [0.15, 0.2) is 12.2 Å². The second-order valence-electron chi connectivity index (χ2n) is 6.67. The number of hydrogen-bond acceptors (Lipinski definition) is 4. The molecule has 1 unspecified atom stereocenters. The number of rotatable bonds is 8. The van der Waals surface area contributed by atoms with Crippen molar-refractivity contribution in [1.82, 2.24) is 15.5 Å². The Bertz CT molecular complexity index is 476. The van der Waals surface area contributed by atoms with E-state index in [4.69, 9.17) is 4.74 Å². The summed E-state index contributed by atoms with van der Waals surface area (Å²) in [6, 6.07) is -0.552. The van der Waals surface area contributed by atoms with Crippen molar-refractivity contribution in [3.8, 4) is 0 Å². The molecule has 2 rings (SSSR count). The number of hydrogen-bond donors (Lipinski definition) is 2. The number of carbonyl (C=O) groups excluding carboxylic acids is 3. The van der Waals surface area contributed by atoms with E-state index in [1.54, 1.807) is 0 Å². The second-order valence-corrected chi connectivity index (χ2v) is 6.67. The quantitative estimate of drug-likeness (QED) is 0.628. The van der Waals surface area contributed by atoms with Gasteiger partial charge in [-0.05, 0) is 25.2 Å². The summed E-state index contributed by atoms with van der Waals surface area (Å²) in [6.07, 6.45) is 2.14. The summed E-state index contributed by atoms with van der Waals surface area (Å²) in [7, 11) is 0. The maximum Gasteiger partial charge on any atom is 0.253 e. The molecule has 2 heterocycles. The van der Waals surface area contributed by atoms with Gasteiger partial charge in [0.2, 0.25) is 5.91 Å². The lowest BCUT2D eigenvalue weighted by molar-refractivity contribution is -0.137. The van der Waals surface area contributed by atoms with Gasteiger partial charge in [0.25, 0.3) is 11.8 Å². The van der Waals surface area contributed by atoms with Gasteiger partial charge in [0.1, 0.15) is 6.04 Å². The van der Waals surface area contributed by atoms with E-state index in [2.05, 4.69) is 10.6 Å². The van der Waals surface area contributed by atoms with Crippen LogP contribution < -0.4 is 10.6 Å². The number of nitrogens with one attached hydrogen (secondary N) is 2. The van der Waals surface area contributed by atoms with E-state index in [1.165, 1.54) is 0 Å². The first-order valence-corrected chi connectivity index (χ1v) is 9.01. The third-order valence-corrected chi connectivity index (χ3v) is 4.75. The lowest BCUT2D eigenvalue weighted by atomic mass is 9.97. The van der Waals surface area contributed by atoms with E-state index in [1.807, 2.05) is 25.7 Å². The monoisotopic (exact) mass is 339 g/mol. The van der Waals surface area contributed by atoms with Crippen LogP contribution in [0, 0.1) is 5.92 Å². The third kappa shape index (κ3) is 4.47. The number of likely N-dealkylation sites (tertiary alicyclic amines) is 1. The minimum Gasteiger partial charge on any atom is -0.354 e. The van der Waals surface area contributed by atoms with Crippen molar-refractivity contribution >= 4 is 17.7 Å². The Labute approximate surface area is 143 Å². The van der Waals surface area contributed by atoms with Crippen LogP contribution in [0.3, 0.4) is 0 Å². The van der Waals surface area contributed by atoms with Crippen molar-refractivity contribution in [2.75, 3.05) is 19.6 Å². The number of carbonyl (C=O) groups is 3. The van der Waals surface area contributed by atoms with E-state index in [9.17, 15) is 14.4 Å². The highest BCUT2D eigenvalue weighted by Gasteiger charge is 2.51. The molecule has 2 aliphatic rings. The van der Waals surface area contributed by atoms with E-state index >= 15 is 0 Å². The molecule has 4 atom stereocenters. The number of amides is 3. The Morgan fingerprint density at radius 3 is 2.33 bits per heavy atom. The maximum absolute atomic E-state index is 12.7. The standard InChI is InChI=1S/C17H29N3O4/c1-4-8-18-15(21)13-14(24-13)16(22)19-12(11(3)5-2)17(23)20-9-6-7-10-20/h11-14H,4-10H2,1-3H3,(H,18,21)(H,19,22)/t11-,12-,13-,14?/m0/s1. The normalized spacial score (nSPS) is 25.0. The van der Waals surface area contributed by atoms with Gasteiger partial charge < -0.3 is 20.3 Å². The van der Waals surface area contributed by atoms with Crippen molar-refractivity contribution in [3.05, 3.63) is 0 Å². The summed E-state index contributed by atoms with van der Waals surface area (Å²) in [5.74, 6) is -0.622. The zero-order valence-corrected chi connectivity index (χ0v) is 14.8. The molecule has 0 radical (unpaired) electrons. The third-order valence-electron chi connectivity index (χ3n) is 4.75. The molecule has 0 bridgehead atoms. The van der Waals surface area contributed by atoms with Crippen LogP contribution in [0.1, 0.15) is 46.5 Å². The lowest BCUT2D eigenvalue weighted by Crippen LogP contribution is -2.52.